The van der Waals surface area contributed by atoms with Gasteiger partial charge in [0.1, 0.15) is 5.82 Å². The number of rotatable bonds is 4. The Morgan fingerprint density at radius 2 is 1.84 bits per heavy atom. The van der Waals surface area contributed by atoms with Gasteiger partial charge in [-0.15, -0.1) is 0 Å². The van der Waals surface area contributed by atoms with Gasteiger partial charge in [-0.25, -0.2) is 4.39 Å². The van der Waals surface area contributed by atoms with Crippen LogP contribution in [-0.4, -0.2) is 7.05 Å². The molecule has 0 radical (unpaired) electrons. The van der Waals surface area contributed by atoms with Gasteiger partial charge in [0.05, 0.1) is 0 Å². The molecule has 0 aliphatic heterocycles. The quantitative estimate of drug-likeness (QED) is 0.912. The minimum absolute atomic E-state index is 0.230. The molecular weight excluding hydrogens is 239 g/mol. The molecule has 0 saturated heterocycles. The second-order valence-electron chi connectivity index (χ2n) is 4.76. The van der Waals surface area contributed by atoms with Crippen LogP contribution in [0.2, 0.25) is 0 Å². The van der Waals surface area contributed by atoms with Gasteiger partial charge in [-0.1, -0.05) is 30.3 Å². The first-order valence-electron chi connectivity index (χ1n) is 6.36. The van der Waals surface area contributed by atoms with Crippen LogP contribution in [0, 0.1) is 12.7 Å². The highest BCUT2D eigenvalue weighted by Crippen LogP contribution is 2.20. The van der Waals surface area contributed by atoms with Crippen LogP contribution in [0.1, 0.15) is 16.7 Å². The third-order valence-electron chi connectivity index (χ3n) is 3.37. The van der Waals surface area contributed by atoms with Gasteiger partial charge in [-0.3, -0.25) is 0 Å². The molecule has 100 valence electrons. The van der Waals surface area contributed by atoms with E-state index in [1.807, 2.05) is 30.1 Å². The molecule has 19 heavy (non-hydrogen) atoms. The zero-order valence-corrected chi connectivity index (χ0v) is 11.4. The summed E-state index contributed by atoms with van der Waals surface area (Å²) < 4.78 is 13.7. The molecular formula is C16H19FN2. The summed E-state index contributed by atoms with van der Waals surface area (Å²) in [5, 5.41) is 0. The average molecular weight is 258 g/mol. The fourth-order valence-electron chi connectivity index (χ4n) is 2.07. The fourth-order valence-corrected chi connectivity index (χ4v) is 2.07. The maximum Gasteiger partial charge on any atom is 0.129 e. The number of benzene rings is 2. The summed E-state index contributed by atoms with van der Waals surface area (Å²) in [6.07, 6.45) is 0. The van der Waals surface area contributed by atoms with Crippen LogP contribution in [0.25, 0.3) is 0 Å². The van der Waals surface area contributed by atoms with Crippen molar-refractivity contribution < 1.29 is 4.39 Å². The maximum absolute atomic E-state index is 13.7. The highest BCUT2D eigenvalue weighted by Gasteiger charge is 2.07. The van der Waals surface area contributed by atoms with Gasteiger partial charge in [0.15, 0.2) is 0 Å². The fraction of sp³-hybridized carbons (Fsp3) is 0.250. The zero-order chi connectivity index (χ0) is 13.8. The largest absolute Gasteiger partial charge is 0.370 e. The molecule has 2 N–H and O–H groups in total. The SMILES string of the molecule is Cc1ccccc1CN(C)c1ccc(CN)c(F)c1. The molecule has 0 unspecified atom stereocenters. The Morgan fingerprint density at radius 1 is 1.11 bits per heavy atom. The van der Waals surface area contributed by atoms with Crippen LogP contribution >= 0.6 is 0 Å². The molecule has 0 aromatic heterocycles. The summed E-state index contributed by atoms with van der Waals surface area (Å²) >= 11 is 0. The summed E-state index contributed by atoms with van der Waals surface area (Å²) in [7, 11) is 1.96. The number of nitrogens with zero attached hydrogens (tertiary/aromatic N) is 1. The average Bonchev–Trinajstić information content (AvgIpc) is 2.41. The molecule has 0 bridgehead atoms. The molecule has 0 atom stereocenters. The summed E-state index contributed by atoms with van der Waals surface area (Å²) in [4.78, 5) is 2.03. The normalized spacial score (nSPS) is 10.5. The van der Waals surface area contributed by atoms with Crippen molar-refractivity contribution in [3.05, 3.63) is 65.0 Å². The Labute approximate surface area is 113 Å². The third-order valence-corrected chi connectivity index (χ3v) is 3.37. The first-order valence-corrected chi connectivity index (χ1v) is 6.36. The van der Waals surface area contributed by atoms with E-state index in [1.54, 1.807) is 12.1 Å². The van der Waals surface area contributed by atoms with Gasteiger partial charge in [0.25, 0.3) is 0 Å². The first-order chi connectivity index (χ1) is 9.11. The zero-order valence-electron chi connectivity index (χ0n) is 11.4. The van der Waals surface area contributed by atoms with Crippen molar-refractivity contribution in [2.45, 2.75) is 20.0 Å². The third kappa shape index (κ3) is 3.12. The molecule has 0 saturated carbocycles. The van der Waals surface area contributed by atoms with Crippen LogP contribution in [0.4, 0.5) is 10.1 Å². The van der Waals surface area contributed by atoms with E-state index in [-0.39, 0.29) is 12.4 Å². The highest BCUT2D eigenvalue weighted by atomic mass is 19.1. The highest BCUT2D eigenvalue weighted by molar-refractivity contribution is 5.48. The lowest BCUT2D eigenvalue weighted by Crippen LogP contribution is -2.17. The van der Waals surface area contributed by atoms with E-state index in [0.29, 0.717) is 5.56 Å². The maximum atomic E-state index is 13.7. The monoisotopic (exact) mass is 258 g/mol. The predicted molar refractivity (Wildman–Crippen MR) is 77.6 cm³/mol. The number of nitrogens with two attached hydrogens (primary N) is 1. The van der Waals surface area contributed by atoms with Crippen LogP contribution in [-0.2, 0) is 13.1 Å². The van der Waals surface area contributed by atoms with E-state index < -0.39 is 0 Å². The van der Waals surface area contributed by atoms with Gasteiger partial charge >= 0.3 is 0 Å². The molecule has 2 nitrogen and oxygen atoms in total. The van der Waals surface area contributed by atoms with Crippen molar-refractivity contribution in [1.29, 1.82) is 0 Å². The van der Waals surface area contributed by atoms with Crippen molar-refractivity contribution in [3.63, 3.8) is 0 Å². The Bertz CT molecular complexity index is 566. The lowest BCUT2D eigenvalue weighted by atomic mass is 10.1. The number of anilines is 1. The van der Waals surface area contributed by atoms with Crippen LogP contribution in [0.5, 0.6) is 0 Å². The van der Waals surface area contributed by atoms with Gasteiger partial charge in [-0.05, 0) is 30.2 Å². The summed E-state index contributed by atoms with van der Waals surface area (Å²) in [5.41, 5.74) is 9.36. The number of hydrogen-bond donors (Lipinski definition) is 1. The predicted octanol–water partition coefficient (Wildman–Crippen LogP) is 3.23. The van der Waals surface area contributed by atoms with E-state index in [9.17, 15) is 4.39 Å². The standard InChI is InChI=1S/C16H19FN2/c1-12-5-3-4-6-14(12)11-19(2)15-8-7-13(10-18)16(17)9-15/h3-9H,10-11,18H2,1-2H3. The minimum Gasteiger partial charge on any atom is -0.370 e. The Morgan fingerprint density at radius 3 is 2.47 bits per heavy atom. The molecule has 2 rings (SSSR count). The van der Waals surface area contributed by atoms with E-state index in [2.05, 4.69) is 19.1 Å². The second kappa shape index (κ2) is 5.85. The Balaban J connectivity index is 2.18. The van der Waals surface area contributed by atoms with Crippen molar-refractivity contribution in [3.8, 4) is 0 Å². The van der Waals surface area contributed by atoms with Crippen molar-refractivity contribution in [2.75, 3.05) is 11.9 Å². The van der Waals surface area contributed by atoms with Crippen LogP contribution < -0.4 is 10.6 Å². The first kappa shape index (κ1) is 13.6. The summed E-state index contributed by atoms with van der Waals surface area (Å²) in [5.74, 6) is -0.239. The van der Waals surface area contributed by atoms with Crippen molar-refractivity contribution in [1.82, 2.24) is 0 Å². The minimum atomic E-state index is -0.239. The van der Waals surface area contributed by atoms with E-state index >= 15 is 0 Å². The Kier molecular flexibility index (Phi) is 4.17. The molecule has 0 fully saturated rings. The molecule has 0 aliphatic rings. The van der Waals surface area contributed by atoms with E-state index in [4.69, 9.17) is 5.73 Å². The molecule has 2 aromatic carbocycles. The van der Waals surface area contributed by atoms with Gasteiger partial charge in [0, 0.05) is 31.4 Å². The van der Waals surface area contributed by atoms with Crippen LogP contribution in [0.15, 0.2) is 42.5 Å². The molecule has 2 aromatic rings. The van der Waals surface area contributed by atoms with E-state index in [0.717, 1.165) is 12.2 Å². The topological polar surface area (TPSA) is 29.3 Å². The molecule has 0 amide bonds. The smallest absolute Gasteiger partial charge is 0.129 e. The lowest BCUT2D eigenvalue weighted by Gasteiger charge is -2.21. The van der Waals surface area contributed by atoms with Crippen molar-refractivity contribution >= 4 is 5.69 Å². The summed E-state index contributed by atoms with van der Waals surface area (Å²) in [6, 6.07) is 13.4. The van der Waals surface area contributed by atoms with Crippen molar-refractivity contribution in [2.24, 2.45) is 5.73 Å². The van der Waals surface area contributed by atoms with Crippen LogP contribution in [0.3, 0.4) is 0 Å². The summed E-state index contributed by atoms with van der Waals surface area (Å²) in [6.45, 7) is 3.07. The molecule has 0 aliphatic carbocycles. The van der Waals surface area contributed by atoms with Gasteiger partial charge < -0.3 is 10.6 Å². The molecule has 0 heterocycles. The second-order valence-corrected chi connectivity index (χ2v) is 4.76. The number of aryl methyl sites for hydroxylation is 1. The Hall–Kier alpha value is -1.87. The number of hydrogen-bond acceptors (Lipinski definition) is 2. The lowest BCUT2D eigenvalue weighted by molar-refractivity contribution is 0.610. The number of halogens is 1. The van der Waals surface area contributed by atoms with Gasteiger partial charge in [-0.2, -0.15) is 0 Å². The molecule has 0 spiro atoms. The van der Waals surface area contributed by atoms with E-state index in [1.165, 1.54) is 11.1 Å². The molecule has 3 heteroatoms. The van der Waals surface area contributed by atoms with Gasteiger partial charge in [0.2, 0.25) is 0 Å².